The SMILES string of the molecule is CC(C)(CCNC(=O)CNC(C)(C)C)CCC(=O)O. The van der Waals surface area contributed by atoms with Gasteiger partial charge in [0.05, 0.1) is 6.54 Å². The Bertz CT molecular complexity index is 306. The molecule has 0 heterocycles. The van der Waals surface area contributed by atoms with Crippen LogP contribution in [0, 0.1) is 5.41 Å². The molecule has 0 fully saturated rings. The van der Waals surface area contributed by atoms with Crippen molar-refractivity contribution in [3.05, 3.63) is 0 Å². The second-order valence-corrected chi connectivity index (χ2v) is 6.76. The lowest BCUT2D eigenvalue weighted by atomic mass is 9.84. The smallest absolute Gasteiger partial charge is 0.303 e. The van der Waals surface area contributed by atoms with Gasteiger partial charge in [-0.25, -0.2) is 0 Å². The minimum absolute atomic E-state index is 0.0241. The molecular formula is C14H28N2O3. The van der Waals surface area contributed by atoms with Gasteiger partial charge in [0.2, 0.25) is 5.91 Å². The second-order valence-electron chi connectivity index (χ2n) is 6.76. The summed E-state index contributed by atoms with van der Waals surface area (Å²) >= 11 is 0. The standard InChI is InChI=1S/C14H28N2O3/c1-13(2,3)16-10-11(17)15-9-8-14(4,5)7-6-12(18)19/h16H,6-10H2,1-5H3,(H,15,17)(H,18,19). The highest BCUT2D eigenvalue weighted by Gasteiger charge is 2.19. The van der Waals surface area contributed by atoms with Gasteiger partial charge in [0.15, 0.2) is 0 Å². The summed E-state index contributed by atoms with van der Waals surface area (Å²) < 4.78 is 0. The summed E-state index contributed by atoms with van der Waals surface area (Å²) in [6.45, 7) is 11.0. The molecule has 0 aliphatic heterocycles. The molecule has 19 heavy (non-hydrogen) atoms. The summed E-state index contributed by atoms with van der Waals surface area (Å²) in [6.07, 6.45) is 1.58. The van der Waals surface area contributed by atoms with Crippen molar-refractivity contribution < 1.29 is 14.7 Å². The molecule has 0 aliphatic rings. The van der Waals surface area contributed by atoms with Crippen LogP contribution < -0.4 is 10.6 Å². The molecule has 0 aliphatic carbocycles. The maximum absolute atomic E-state index is 11.6. The van der Waals surface area contributed by atoms with Gasteiger partial charge < -0.3 is 15.7 Å². The van der Waals surface area contributed by atoms with Crippen LogP contribution in [0.5, 0.6) is 0 Å². The summed E-state index contributed by atoms with van der Waals surface area (Å²) in [5, 5.41) is 14.6. The van der Waals surface area contributed by atoms with E-state index in [2.05, 4.69) is 10.6 Å². The van der Waals surface area contributed by atoms with Crippen molar-refractivity contribution in [3.63, 3.8) is 0 Å². The number of carbonyl (C=O) groups is 2. The summed E-state index contributed by atoms with van der Waals surface area (Å²) in [5.74, 6) is -0.796. The zero-order valence-electron chi connectivity index (χ0n) is 12.8. The lowest BCUT2D eigenvalue weighted by molar-refractivity contribution is -0.137. The zero-order valence-corrected chi connectivity index (χ0v) is 12.8. The highest BCUT2D eigenvalue weighted by Crippen LogP contribution is 2.25. The van der Waals surface area contributed by atoms with Crippen molar-refractivity contribution in [1.29, 1.82) is 0 Å². The van der Waals surface area contributed by atoms with Crippen LogP contribution in [0.1, 0.15) is 53.9 Å². The van der Waals surface area contributed by atoms with E-state index in [1.807, 2.05) is 34.6 Å². The molecule has 0 atom stereocenters. The molecule has 0 bridgehead atoms. The number of aliphatic carboxylic acids is 1. The van der Waals surface area contributed by atoms with E-state index in [9.17, 15) is 9.59 Å². The summed E-state index contributed by atoms with van der Waals surface area (Å²) in [4.78, 5) is 22.1. The molecule has 0 unspecified atom stereocenters. The average molecular weight is 272 g/mol. The lowest BCUT2D eigenvalue weighted by Gasteiger charge is -2.24. The predicted molar refractivity (Wildman–Crippen MR) is 76.0 cm³/mol. The van der Waals surface area contributed by atoms with Crippen LogP contribution in [0.3, 0.4) is 0 Å². The normalized spacial score (nSPS) is 12.3. The fraction of sp³-hybridized carbons (Fsp3) is 0.857. The van der Waals surface area contributed by atoms with Gasteiger partial charge in [-0.2, -0.15) is 0 Å². The molecule has 5 nitrogen and oxygen atoms in total. The molecular weight excluding hydrogens is 244 g/mol. The quantitative estimate of drug-likeness (QED) is 0.629. The topological polar surface area (TPSA) is 78.4 Å². The van der Waals surface area contributed by atoms with E-state index in [4.69, 9.17) is 5.11 Å². The second kappa shape index (κ2) is 7.48. The molecule has 0 saturated heterocycles. The Labute approximate surface area is 116 Å². The Hall–Kier alpha value is -1.10. The van der Waals surface area contributed by atoms with Crippen LogP contribution in [0.2, 0.25) is 0 Å². The van der Waals surface area contributed by atoms with Gasteiger partial charge in [0.25, 0.3) is 0 Å². The fourth-order valence-corrected chi connectivity index (χ4v) is 1.52. The van der Waals surface area contributed by atoms with Crippen LogP contribution in [-0.2, 0) is 9.59 Å². The molecule has 0 radical (unpaired) electrons. The van der Waals surface area contributed by atoms with Gasteiger partial charge >= 0.3 is 5.97 Å². The first kappa shape index (κ1) is 17.9. The van der Waals surface area contributed by atoms with E-state index in [-0.39, 0.29) is 23.3 Å². The van der Waals surface area contributed by atoms with Crippen molar-refractivity contribution in [3.8, 4) is 0 Å². The monoisotopic (exact) mass is 272 g/mol. The van der Waals surface area contributed by atoms with Crippen molar-refractivity contribution in [2.75, 3.05) is 13.1 Å². The molecule has 1 amide bonds. The van der Waals surface area contributed by atoms with Crippen molar-refractivity contribution in [2.24, 2.45) is 5.41 Å². The number of hydrogen-bond donors (Lipinski definition) is 3. The third kappa shape index (κ3) is 11.7. The van der Waals surface area contributed by atoms with Crippen molar-refractivity contribution in [2.45, 2.75) is 59.4 Å². The Morgan fingerprint density at radius 2 is 1.63 bits per heavy atom. The van der Waals surface area contributed by atoms with E-state index in [0.717, 1.165) is 6.42 Å². The summed E-state index contributed by atoms with van der Waals surface area (Å²) in [5.41, 5.74) is -0.138. The predicted octanol–water partition coefficient (Wildman–Crippen LogP) is 1.77. The highest BCUT2D eigenvalue weighted by atomic mass is 16.4. The van der Waals surface area contributed by atoms with E-state index in [1.54, 1.807) is 0 Å². The zero-order chi connectivity index (χ0) is 15.1. The minimum atomic E-state index is -0.772. The number of rotatable bonds is 8. The largest absolute Gasteiger partial charge is 0.481 e. The van der Waals surface area contributed by atoms with Crippen LogP contribution in [0.15, 0.2) is 0 Å². The number of amides is 1. The van der Waals surface area contributed by atoms with Crippen LogP contribution in [0.4, 0.5) is 0 Å². The van der Waals surface area contributed by atoms with Crippen molar-refractivity contribution in [1.82, 2.24) is 10.6 Å². The Kier molecular flexibility index (Phi) is 7.05. The molecule has 0 aromatic rings. The first-order valence-electron chi connectivity index (χ1n) is 6.75. The van der Waals surface area contributed by atoms with E-state index < -0.39 is 5.97 Å². The van der Waals surface area contributed by atoms with Gasteiger partial charge in [-0.1, -0.05) is 13.8 Å². The summed E-state index contributed by atoms with van der Waals surface area (Å²) in [6, 6.07) is 0. The van der Waals surface area contributed by atoms with E-state index in [0.29, 0.717) is 19.5 Å². The Morgan fingerprint density at radius 3 is 2.11 bits per heavy atom. The van der Waals surface area contributed by atoms with Gasteiger partial charge in [0, 0.05) is 18.5 Å². The third-order valence-electron chi connectivity index (χ3n) is 2.92. The molecule has 112 valence electrons. The van der Waals surface area contributed by atoms with Gasteiger partial charge in [-0.05, 0) is 39.0 Å². The molecule has 0 aromatic carbocycles. The molecule has 0 spiro atoms. The molecule has 0 aromatic heterocycles. The molecule has 0 rings (SSSR count). The molecule has 5 heteroatoms. The maximum atomic E-state index is 11.6. The molecule has 3 N–H and O–H groups in total. The van der Waals surface area contributed by atoms with E-state index in [1.165, 1.54) is 0 Å². The minimum Gasteiger partial charge on any atom is -0.481 e. The Morgan fingerprint density at radius 1 is 1.05 bits per heavy atom. The van der Waals surface area contributed by atoms with Gasteiger partial charge in [-0.3, -0.25) is 9.59 Å². The first-order chi connectivity index (χ1) is 8.52. The van der Waals surface area contributed by atoms with Gasteiger partial charge in [-0.15, -0.1) is 0 Å². The number of carbonyl (C=O) groups excluding carboxylic acids is 1. The lowest BCUT2D eigenvalue weighted by Crippen LogP contribution is -2.43. The fourth-order valence-electron chi connectivity index (χ4n) is 1.52. The highest BCUT2D eigenvalue weighted by molar-refractivity contribution is 5.78. The van der Waals surface area contributed by atoms with Crippen molar-refractivity contribution >= 4 is 11.9 Å². The number of carboxylic acids is 1. The van der Waals surface area contributed by atoms with Gasteiger partial charge in [0.1, 0.15) is 0 Å². The number of hydrogen-bond acceptors (Lipinski definition) is 3. The Balaban J connectivity index is 3.83. The van der Waals surface area contributed by atoms with Crippen LogP contribution in [0.25, 0.3) is 0 Å². The first-order valence-corrected chi connectivity index (χ1v) is 6.75. The van der Waals surface area contributed by atoms with E-state index >= 15 is 0 Å². The summed E-state index contributed by atoms with van der Waals surface area (Å²) in [7, 11) is 0. The van der Waals surface area contributed by atoms with Crippen LogP contribution >= 0.6 is 0 Å². The number of carboxylic acid groups (broad SMARTS) is 1. The van der Waals surface area contributed by atoms with Crippen LogP contribution in [-0.4, -0.2) is 35.6 Å². The number of nitrogens with one attached hydrogen (secondary N) is 2. The third-order valence-corrected chi connectivity index (χ3v) is 2.92. The average Bonchev–Trinajstić information content (AvgIpc) is 2.23. The maximum Gasteiger partial charge on any atom is 0.303 e. The molecule has 0 saturated carbocycles.